The molecule has 6 rings (SSSR count). The second kappa shape index (κ2) is 12.9. The summed E-state index contributed by atoms with van der Waals surface area (Å²) < 4.78 is 16.1. The first kappa shape index (κ1) is 39.4. The summed E-state index contributed by atoms with van der Waals surface area (Å²) in [5.74, 6) is 0.0818. The van der Waals surface area contributed by atoms with Crippen LogP contribution in [0.1, 0.15) is 131 Å². The number of rotatable bonds is 9. The molecule has 10 nitrogen and oxygen atoms in total. The molecule has 292 valence electrons. The van der Waals surface area contributed by atoms with Crippen LogP contribution in [0.5, 0.6) is 0 Å². The molecule has 4 aliphatic carbocycles. The Labute approximate surface area is 313 Å². The van der Waals surface area contributed by atoms with Crippen molar-refractivity contribution in [1.82, 2.24) is 25.4 Å². The molecule has 12 atom stereocenters. The molecule has 0 spiro atoms. The van der Waals surface area contributed by atoms with Gasteiger partial charge >= 0.3 is 5.97 Å². The molecule has 1 aliphatic heterocycles. The zero-order valence-corrected chi connectivity index (χ0v) is 34.5. The molecule has 1 aromatic heterocycles. The quantitative estimate of drug-likeness (QED) is 0.229. The van der Waals surface area contributed by atoms with Crippen LogP contribution >= 0.6 is 0 Å². The molecular formula is C42H69N5O5. The molecular weight excluding hydrogens is 654 g/mol. The Morgan fingerprint density at radius 3 is 2.35 bits per heavy atom. The summed E-state index contributed by atoms with van der Waals surface area (Å²) in [5, 5.41) is 22.3. The summed E-state index contributed by atoms with van der Waals surface area (Å²) in [6, 6.07) is -0.255. The minimum Gasteiger partial charge on any atom is -0.481 e. The van der Waals surface area contributed by atoms with E-state index in [0.29, 0.717) is 43.9 Å². The van der Waals surface area contributed by atoms with Crippen molar-refractivity contribution in [3.63, 3.8) is 0 Å². The fourth-order valence-corrected chi connectivity index (χ4v) is 12.8. The predicted octanol–water partition coefficient (Wildman–Crippen LogP) is 7.18. The van der Waals surface area contributed by atoms with Gasteiger partial charge in [0.2, 0.25) is 5.82 Å². The van der Waals surface area contributed by atoms with E-state index in [1.165, 1.54) is 11.9 Å². The molecule has 2 heterocycles. The number of carbonyl (C=O) groups is 2. The van der Waals surface area contributed by atoms with Crippen molar-refractivity contribution in [2.45, 2.75) is 132 Å². The maximum Gasteiger partial charge on any atom is 0.307 e. The third kappa shape index (κ3) is 5.33. The molecule has 1 amide bonds. The summed E-state index contributed by atoms with van der Waals surface area (Å²) in [7, 11) is 3.64. The molecule has 52 heavy (non-hydrogen) atoms. The minimum absolute atomic E-state index is 0.108. The molecule has 1 saturated heterocycles. The lowest BCUT2D eigenvalue weighted by Gasteiger charge is -2.71. The number of aliphatic carboxylic acids is 1. The highest BCUT2D eigenvalue weighted by atomic mass is 16.5. The molecule has 0 unspecified atom stereocenters. The largest absolute Gasteiger partial charge is 0.481 e. The van der Waals surface area contributed by atoms with Crippen molar-refractivity contribution in [1.29, 1.82) is 0 Å². The number of aromatic nitrogens is 3. The second-order valence-corrected chi connectivity index (χ2v) is 20.3. The van der Waals surface area contributed by atoms with E-state index in [-0.39, 0.29) is 57.1 Å². The standard InChI is InChI=1S/C42H69N5O5/c1-25(2)26(3)38(8)18-19-39(9)27-14-15-30-37(7)20-29(47-33(34(48)43-12)45-24-46-47)32(52-22-41(11,44-13)36(4,5)6)42(30,23-51-21-37)28(27)16-17-40(39,10)31(38)35(49)50/h16,24-27,29-32,44H,14-15,17-23H2,1-13H3,(H,43,48)(H,49,50)/t26-,27+,29-,30-,31-,32+,37-,38-,39-,40+,41+,42+/m1/s1. The number of hydrogen-bond acceptors (Lipinski definition) is 7. The summed E-state index contributed by atoms with van der Waals surface area (Å²) >= 11 is 0. The summed E-state index contributed by atoms with van der Waals surface area (Å²) in [6.07, 6.45) is 9.01. The summed E-state index contributed by atoms with van der Waals surface area (Å²) in [5.41, 5.74) is -0.677. The molecule has 10 heteroatoms. The van der Waals surface area contributed by atoms with E-state index < -0.39 is 22.7 Å². The first-order chi connectivity index (χ1) is 24.1. The normalized spacial score (nSPS) is 41.9. The zero-order chi connectivity index (χ0) is 38.4. The first-order valence-electron chi connectivity index (χ1n) is 20.0. The number of carboxylic acid groups (broad SMARTS) is 1. The summed E-state index contributed by atoms with van der Waals surface area (Å²) in [6.45, 7) is 26.7. The number of ether oxygens (including phenoxy) is 2. The number of fused-ring (bicyclic) bond motifs is 3. The van der Waals surface area contributed by atoms with Crippen LogP contribution in [0.3, 0.4) is 0 Å². The summed E-state index contributed by atoms with van der Waals surface area (Å²) in [4.78, 5) is 31.4. The second-order valence-electron chi connectivity index (χ2n) is 20.3. The first-order valence-corrected chi connectivity index (χ1v) is 20.0. The highest BCUT2D eigenvalue weighted by Gasteiger charge is 2.73. The maximum absolute atomic E-state index is 13.6. The van der Waals surface area contributed by atoms with Crippen LogP contribution in [0.25, 0.3) is 0 Å². The van der Waals surface area contributed by atoms with Crippen molar-refractivity contribution < 1.29 is 24.2 Å². The van der Waals surface area contributed by atoms with E-state index in [2.05, 4.69) is 97.9 Å². The molecule has 5 aliphatic rings. The number of likely N-dealkylation sites (N-methyl/N-ethyl adjacent to an activating group) is 1. The fraction of sp³-hybridized carbons (Fsp3) is 0.857. The fourth-order valence-electron chi connectivity index (χ4n) is 12.8. The van der Waals surface area contributed by atoms with Gasteiger partial charge in [-0.05, 0) is 103 Å². The van der Waals surface area contributed by atoms with Crippen LogP contribution < -0.4 is 10.6 Å². The Balaban J connectivity index is 1.55. The van der Waals surface area contributed by atoms with Crippen LogP contribution in [-0.4, -0.2) is 77.3 Å². The van der Waals surface area contributed by atoms with Gasteiger partial charge in [0.25, 0.3) is 5.91 Å². The van der Waals surface area contributed by atoms with Crippen molar-refractivity contribution in [2.75, 3.05) is 33.9 Å². The third-order valence-electron chi connectivity index (χ3n) is 17.1. The van der Waals surface area contributed by atoms with Gasteiger partial charge in [0.15, 0.2) is 0 Å². The third-order valence-corrected chi connectivity index (χ3v) is 17.1. The lowest BCUT2D eigenvalue weighted by atomic mass is 9.34. The number of allylic oxidation sites excluding steroid dienone is 1. The Morgan fingerprint density at radius 1 is 1.06 bits per heavy atom. The predicted molar refractivity (Wildman–Crippen MR) is 203 cm³/mol. The number of hydrogen-bond donors (Lipinski definition) is 3. The van der Waals surface area contributed by atoms with Crippen LogP contribution in [-0.2, 0) is 14.3 Å². The van der Waals surface area contributed by atoms with Gasteiger partial charge < -0.3 is 25.2 Å². The van der Waals surface area contributed by atoms with E-state index in [1.807, 2.05) is 11.7 Å². The molecule has 0 aromatic carbocycles. The lowest BCUT2D eigenvalue weighted by Crippen LogP contribution is -2.70. The highest BCUT2D eigenvalue weighted by molar-refractivity contribution is 5.90. The van der Waals surface area contributed by atoms with Gasteiger partial charge in [-0.2, -0.15) is 5.10 Å². The molecule has 0 radical (unpaired) electrons. The average Bonchev–Trinajstić information content (AvgIpc) is 3.56. The number of nitrogens with one attached hydrogen (secondary N) is 2. The molecule has 3 N–H and O–H groups in total. The van der Waals surface area contributed by atoms with E-state index in [1.54, 1.807) is 7.05 Å². The van der Waals surface area contributed by atoms with Gasteiger partial charge in [0, 0.05) is 18.0 Å². The minimum atomic E-state index is -0.652. The SMILES string of the molecule is CNC(=O)c1ncnn1[C@@H]1C[C@]2(C)COC[C@@]3(C4=CC[C@@]5(C)[C@H](C(=O)O)[C@@](C)([C@H](C)C(C)C)CC[C@]5(C)[C@H]4CC[C@H]23)[C@H]1OC[C@](C)(NC)C(C)(C)C. The Kier molecular flexibility index (Phi) is 9.77. The van der Waals surface area contributed by atoms with E-state index in [4.69, 9.17) is 14.6 Å². The lowest BCUT2D eigenvalue weighted by molar-refractivity contribution is -0.256. The van der Waals surface area contributed by atoms with Crippen molar-refractivity contribution in [2.24, 2.45) is 62.1 Å². The zero-order valence-electron chi connectivity index (χ0n) is 34.5. The Morgan fingerprint density at radius 2 is 1.75 bits per heavy atom. The molecule has 4 fully saturated rings. The van der Waals surface area contributed by atoms with Gasteiger partial charge in [-0.25, -0.2) is 9.67 Å². The topological polar surface area (TPSA) is 128 Å². The van der Waals surface area contributed by atoms with Gasteiger partial charge in [0.05, 0.1) is 37.9 Å². The van der Waals surface area contributed by atoms with Gasteiger partial charge in [-0.1, -0.05) is 80.9 Å². The number of carboxylic acids is 1. The van der Waals surface area contributed by atoms with E-state index in [9.17, 15) is 14.7 Å². The maximum atomic E-state index is 13.6. The monoisotopic (exact) mass is 724 g/mol. The smallest absolute Gasteiger partial charge is 0.307 e. The van der Waals surface area contributed by atoms with Crippen molar-refractivity contribution in [3.8, 4) is 0 Å². The van der Waals surface area contributed by atoms with E-state index in [0.717, 1.165) is 32.1 Å². The van der Waals surface area contributed by atoms with Crippen LogP contribution in [0, 0.1) is 62.1 Å². The average molecular weight is 724 g/mol. The molecule has 3 saturated carbocycles. The van der Waals surface area contributed by atoms with Crippen LogP contribution in [0.2, 0.25) is 0 Å². The van der Waals surface area contributed by atoms with E-state index >= 15 is 0 Å². The number of carbonyl (C=O) groups excluding carboxylic acids is 1. The van der Waals surface area contributed by atoms with Crippen molar-refractivity contribution in [3.05, 3.63) is 23.8 Å². The highest BCUT2D eigenvalue weighted by Crippen LogP contribution is 2.75. The van der Waals surface area contributed by atoms with Crippen LogP contribution in [0.15, 0.2) is 18.0 Å². The van der Waals surface area contributed by atoms with Gasteiger partial charge in [-0.3, -0.25) is 9.59 Å². The van der Waals surface area contributed by atoms with Crippen LogP contribution in [0.4, 0.5) is 0 Å². The Bertz CT molecular complexity index is 1580. The Hall–Kier alpha value is -2.30. The van der Waals surface area contributed by atoms with Gasteiger partial charge in [-0.15, -0.1) is 0 Å². The number of nitrogens with zero attached hydrogens (tertiary/aromatic N) is 3. The van der Waals surface area contributed by atoms with Crippen molar-refractivity contribution >= 4 is 11.9 Å². The van der Waals surface area contributed by atoms with Gasteiger partial charge in [0.1, 0.15) is 6.33 Å². The molecule has 1 aromatic rings. The number of amides is 1. The molecule has 2 bridgehead atoms.